The number of carbonyl (C=O) groups excluding carboxylic acids is 1. The van der Waals surface area contributed by atoms with E-state index in [0.29, 0.717) is 15.7 Å². The number of hydrogen-bond acceptors (Lipinski definition) is 1. The van der Waals surface area contributed by atoms with E-state index in [1.165, 1.54) is 0 Å². The van der Waals surface area contributed by atoms with Crippen LogP contribution in [-0.4, -0.2) is 6.03 Å². The molecule has 0 heterocycles. The topological polar surface area (TPSA) is 41.1 Å². The van der Waals surface area contributed by atoms with Crippen molar-refractivity contribution in [2.75, 3.05) is 5.32 Å². The highest BCUT2D eigenvalue weighted by Crippen LogP contribution is 2.29. The summed E-state index contributed by atoms with van der Waals surface area (Å²) >= 11 is 11.7. The standard InChI is InChI=1S/C11H12Cl2N2O/c1-2-3-7-14-11(16)15-9-6-4-5-8(12)10(9)13/h3-7H,2H2,1H3,(H2,14,15,16)/b7-3+. The molecule has 86 valence electrons. The molecule has 0 fully saturated rings. The molecule has 0 spiro atoms. The molecule has 5 heteroatoms. The van der Waals surface area contributed by atoms with Crippen molar-refractivity contribution in [2.45, 2.75) is 13.3 Å². The van der Waals surface area contributed by atoms with Gasteiger partial charge in [-0.25, -0.2) is 4.79 Å². The van der Waals surface area contributed by atoms with Crippen LogP contribution >= 0.6 is 23.2 Å². The minimum Gasteiger partial charge on any atom is -0.315 e. The summed E-state index contributed by atoms with van der Waals surface area (Å²) in [5.74, 6) is 0. The highest BCUT2D eigenvalue weighted by atomic mass is 35.5. The van der Waals surface area contributed by atoms with Crippen molar-refractivity contribution >= 4 is 34.9 Å². The lowest BCUT2D eigenvalue weighted by atomic mass is 10.3. The van der Waals surface area contributed by atoms with E-state index >= 15 is 0 Å². The Balaban J connectivity index is 2.63. The number of hydrogen-bond donors (Lipinski definition) is 2. The van der Waals surface area contributed by atoms with E-state index < -0.39 is 0 Å². The Morgan fingerprint density at radius 1 is 1.44 bits per heavy atom. The zero-order chi connectivity index (χ0) is 12.0. The van der Waals surface area contributed by atoms with Gasteiger partial charge in [0.15, 0.2) is 0 Å². The van der Waals surface area contributed by atoms with E-state index in [9.17, 15) is 4.79 Å². The van der Waals surface area contributed by atoms with Gasteiger partial charge in [-0.05, 0) is 18.6 Å². The maximum Gasteiger partial charge on any atom is 0.323 e. The third-order valence-electron chi connectivity index (χ3n) is 1.77. The molecular formula is C11H12Cl2N2O. The van der Waals surface area contributed by atoms with Gasteiger partial charge in [-0.1, -0.05) is 42.3 Å². The predicted octanol–water partition coefficient (Wildman–Crippen LogP) is 4.04. The molecule has 0 aliphatic rings. The number of rotatable bonds is 3. The molecule has 3 nitrogen and oxygen atoms in total. The van der Waals surface area contributed by atoms with Gasteiger partial charge < -0.3 is 10.6 Å². The van der Waals surface area contributed by atoms with Crippen molar-refractivity contribution in [3.05, 3.63) is 40.5 Å². The molecule has 0 aliphatic heterocycles. The summed E-state index contributed by atoms with van der Waals surface area (Å²) in [5, 5.41) is 5.88. The highest BCUT2D eigenvalue weighted by Gasteiger charge is 2.06. The lowest BCUT2D eigenvalue weighted by Crippen LogP contribution is -2.23. The van der Waals surface area contributed by atoms with E-state index in [-0.39, 0.29) is 6.03 Å². The molecule has 2 N–H and O–H groups in total. The fraction of sp³-hybridized carbons (Fsp3) is 0.182. The summed E-state index contributed by atoms with van der Waals surface area (Å²) in [6, 6.07) is 4.70. The molecule has 2 amide bonds. The first-order valence-electron chi connectivity index (χ1n) is 4.81. The molecule has 16 heavy (non-hydrogen) atoms. The predicted molar refractivity (Wildman–Crippen MR) is 68.0 cm³/mol. The van der Waals surface area contributed by atoms with Crippen LogP contribution in [0.3, 0.4) is 0 Å². The molecule has 1 aromatic rings. The molecule has 1 rings (SSSR count). The van der Waals surface area contributed by atoms with E-state index in [2.05, 4.69) is 10.6 Å². The SMILES string of the molecule is CC/C=C/NC(=O)Nc1cccc(Cl)c1Cl. The Hall–Kier alpha value is -1.19. The second-order valence-corrected chi connectivity index (χ2v) is 3.80. The minimum atomic E-state index is -0.353. The van der Waals surface area contributed by atoms with Gasteiger partial charge in [0.2, 0.25) is 0 Å². The van der Waals surface area contributed by atoms with Crippen molar-refractivity contribution in [1.82, 2.24) is 5.32 Å². The third-order valence-corrected chi connectivity index (χ3v) is 2.59. The summed E-state index contributed by atoms with van der Waals surface area (Å²) in [6.07, 6.45) is 4.27. The molecule has 0 aliphatic carbocycles. The van der Waals surface area contributed by atoms with Crippen LogP contribution in [0, 0.1) is 0 Å². The van der Waals surface area contributed by atoms with Crippen molar-refractivity contribution in [3.8, 4) is 0 Å². The molecule has 1 aromatic carbocycles. The van der Waals surface area contributed by atoms with Gasteiger partial charge >= 0.3 is 6.03 Å². The van der Waals surface area contributed by atoms with Crippen LogP contribution in [0.1, 0.15) is 13.3 Å². The summed E-state index contributed by atoms with van der Waals surface area (Å²) in [5.41, 5.74) is 0.483. The van der Waals surface area contributed by atoms with Crippen LogP contribution in [0.25, 0.3) is 0 Å². The number of allylic oxidation sites excluding steroid dienone is 1. The van der Waals surface area contributed by atoms with Crippen LogP contribution in [0.15, 0.2) is 30.5 Å². The Morgan fingerprint density at radius 2 is 2.19 bits per heavy atom. The van der Waals surface area contributed by atoms with Crippen LogP contribution in [-0.2, 0) is 0 Å². The largest absolute Gasteiger partial charge is 0.323 e. The normalized spacial score (nSPS) is 10.4. The first-order valence-corrected chi connectivity index (χ1v) is 5.57. The average molecular weight is 259 g/mol. The molecule has 0 unspecified atom stereocenters. The van der Waals surface area contributed by atoms with E-state index in [1.54, 1.807) is 24.4 Å². The maximum absolute atomic E-state index is 11.4. The van der Waals surface area contributed by atoms with E-state index in [4.69, 9.17) is 23.2 Å². The van der Waals surface area contributed by atoms with Gasteiger partial charge in [0.05, 0.1) is 15.7 Å². The van der Waals surface area contributed by atoms with Gasteiger partial charge in [0.1, 0.15) is 0 Å². The smallest absolute Gasteiger partial charge is 0.315 e. The average Bonchev–Trinajstić information content (AvgIpc) is 2.25. The number of anilines is 1. The maximum atomic E-state index is 11.4. The number of halogens is 2. The monoisotopic (exact) mass is 258 g/mol. The van der Waals surface area contributed by atoms with Gasteiger partial charge in [-0.3, -0.25) is 0 Å². The molecule has 0 aromatic heterocycles. The zero-order valence-electron chi connectivity index (χ0n) is 8.76. The van der Waals surface area contributed by atoms with Gasteiger partial charge in [0.25, 0.3) is 0 Å². The number of nitrogens with one attached hydrogen (secondary N) is 2. The summed E-state index contributed by atoms with van der Waals surface area (Å²) in [4.78, 5) is 11.4. The fourth-order valence-corrected chi connectivity index (χ4v) is 1.36. The molecule has 0 saturated heterocycles. The zero-order valence-corrected chi connectivity index (χ0v) is 10.3. The number of carbonyl (C=O) groups is 1. The van der Waals surface area contributed by atoms with Crippen molar-refractivity contribution in [3.63, 3.8) is 0 Å². The van der Waals surface area contributed by atoms with Crippen molar-refractivity contribution < 1.29 is 4.79 Å². The fourth-order valence-electron chi connectivity index (χ4n) is 1.01. The Kier molecular flexibility index (Phi) is 5.15. The van der Waals surface area contributed by atoms with Gasteiger partial charge in [0, 0.05) is 6.20 Å². The number of benzene rings is 1. The molecular weight excluding hydrogens is 247 g/mol. The van der Waals surface area contributed by atoms with Crippen LogP contribution in [0.4, 0.5) is 10.5 Å². The number of urea groups is 1. The lowest BCUT2D eigenvalue weighted by Gasteiger charge is -2.07. The van der Waals surface area contributed by atoms with Gasteiger partial charge in [-0.2, -0.15) is 0 Å². The van der Waals surface area contributed by atoms with Gasteiger partial charge in [-0.15, -0.1) is 0 Å². The van der Waals surface area contributed by atoms with E-state index in [1.807, 2.05) is 13.0 Å². The Labute approximate surface area is 104 Å². The highest BCUT2D eigenvalue weighted by molar-refractivity contribution is 6.43. The van der Waals surface area contributed by atoms with Crippen LogP contribution < -0.4 is 10.6 Å². The molecule has 0 atom stereocenters. The third kappa shape index (κ3) is 3.76. The Morgan fingerprint density at radius 3 is 2.88 bits per heavy atom. The molecule has 0 saturated carbocycles. The number of amides is 2. The van der Waals surface area contributed by atoms with Crippen LogP contribution in [0.5, 0.6) is 0 Å². The van der Waals surface area contributed by atoms with Crippen molar-refractivity contribution in [1.29, 1.82) is 0 Å². The van der Waals surface area contributed by atoms with Crippen LogP contribution in [0.2, 0.25) is 10.0 Å². The Bertz CT molecular complexity index is 405. The molecule has 0 bridgehead atoms. The summed E-state index contributed by atoms with van der Waals surface area (Å²) < 4.78 is 0. The van der Waals surface area contributed by atoms with Crippen molar-refractivity contribution in [2.24, 2.45) is 0 Å². The first kappa shape index (κ1) is 12.9. The second kappa shape index (κ2) is 6.40. The quantitative estimate of drug-likeness (QED) is 0.845. The summed E-state index contributed by atoms with van der Waals surface area (Å²) in [7, 11) is 0. The lowest BCUT2D eigenvalue weighted by molar-refractivity contribution is 0.255. The first-order chi connectivity index (χ1) is 7.65. The van der Waals surface area contributed by atoms with E-state index in [0.717, 1.165) is 6.42 Å². The summed E-state index contributed by atoms with van der Waals surface area (Å²) in [6.45, 7) is 1.98. The minimum absolute atomic E-state index is 0.332. The second-order valence-electron chi connectivity index (χ2n) is 3.01. The molecule has 0 radical (unpaired) electrons.